The molecule has 0 spiro atoms. The Kier molecular flexibility index (Phi) is 66.3. The van der Waals surface area contributed by atoms with E-state index in [9.17, 15) is 14.4 Å². The number of ether oxygens (including phenoxy) is 3. The minimum atomic E-state index is -0.814. The summed E-state index contributed by atoms with van der Waals surface area (Å²) in [6.45, 7) is 6.38. The van der Waals surface area contributed by atoms with Crippen LogP contribution in [0, 0.1) is 0 Å². The van der Waals surface area contributed by atoms with E-state index in [1.54, 1.807) is 0 Å². The summed E-state index contributed by atoms with van der Waals surface area (Å²) in [5.74, 6) is -0.968. The fourth-order valence-corrected chi connectivity index (χ4v) is 9.50. The van der Waals surface area contributed by atoms with Gasteiger partial charge in [-0.15, -0.1) is 0 Å². The molecule has 6 nitrogen and oxygen atoms in total. The number of hydrogen-bond acceptors (Lipinski definition) is 6. The largest absolute Gasteiger partial charge is 0.462 e. The summed E-state index contributed by atoms with van der Waals surface area (Å²) in [7, 11) is 0. The van der Waals surface area contributed by atoms with Crippen molar-refractivity contribution in [1.29, 1.82) is 0 Å². The molecule has 0 saturated carbocycles. The first-order valence-electron chi connectivity index (χ1n) is 34.7. The van der Waals surface area contributed by atoms with Crippen molar-refractivity contribution in [1.82, 2.24) is 0 Å². The molecule has 0 aromatic rings. The lowest BCUT2D eigenvalue weighted by Crippen LogP contribution is -2.30. The van der Waals surface area contributed by atoms with Crippen molar-refractivity contribution in [3.63, 3.8) is 0 Å². The van der Waals surface area contributed by atoms with E-state index in [1.807, 2.05) is 0 Å². The molecule has 6 heteroatoms. The maximum atomic E-state index is 13.0. The molecule has 1 atom stereocenters. The van der Waals surface area contributed by atoms with E-state index in [-0.39, 0.29) is 37.5 Å². The summed E-state index contributed by atoms with van der Waals surface area (Å²) >= 11 is 0. The smallest absolute Gasteiger partial charge is 0.306 e. The van der Waals surface area contributed by atoms with Crippen LogP contribution in [0.1, 0.15) is 316 Å². The Hall–Kier alpha value is -4.45. The van der Waals surface area contributed by atoms with Gasteiger partial charge in [0, 0.05) is 19.3 Å². The molecule has 0 aromatic heterocycles. The monoisotopic (exact) mass is 1150 g/mol. The van der Waals surface area contributed by atoms with E-state index in [0.29, 0.717) is 19.3 Å². The molecule has 0 saturated heterocycles. The number of unbranched alkanes of at least 4 members (excludes halogenated alkanes) is 29. The number of rotatable bonds is 62. The fraction of sp³-hybridized carbons (Fsp3) is 0.675. The number of carbonyl (C=O) groups excluding carboxylic acids is 3. The summed E-state index contributed by atoms with van der Waals surface area (Å²) in [5, 5.41) is 0. The third-order valence-electron chi connectivity index (χ3n) is 14.6. The molecule has 472 valence electrons. The molecular weight excluding hydrogens is 1020 g/mol. The van der Waals surface area contributed by atoms with Gasteiger partial charge in [-0.1, -0.05) is 302 Å². The van der Waals surface area contributed by atoms with Gasteiger partial charge < -0.3 is 14.2 Å². The van der Waals surface area contributed by atoms with Gasteiger partial charge in [0.25, 0.3) is 0 Å². The standard InChI is InChI=1S/C77H128O6/c1-4-7-10-13-16-19-22-25-28-31-33-35-37-38-40-41-43-46-49-52-55-58-61-64-67-70-76(79)82-73-74(72-81-75(78)69-66-63-60-57-54-51-48-45-30-27-24-21-18-15-12-9-6-3)83-77(80)71-68-65-62-59-56-53-50-47-44-42-39-36-34-32-29-26-23-20-17-14-11-8-5-2/h8-9,11-12,17-18,20-21,26-27,29-31,33-34,36,42,44,48,51,57,60,74H,4-7,10,13-16,19,22-25,28,32,35,37-41,43,45-47,49-50,52-56,58-59,61-73H2,1-3H3/b11-8-,12-9-,20-17-,21-18-,29-26-,30-27-,33-31-,36-34-,44-42-,51-48-,60-57-. The summed E-state index contributed by atoms with van der Waals surface area (Å²) in [6.07, 6.45) is 99.1. The minimum Gasteiger partial charge on any atom is -0.462 e. The van der Waals surface area contributed by atoms with Gasteiger partial charge in [0.05, 0.1) is 0 Å². The Balaban J connectivity index is 4.43. The van der Waals surface area contributed by atoms with Gasteiger partial charge in [0.15, 0.2) is 6.10 Å². The Morgan fingerprint density at radius 2 is 0.482 bits per heavy atom. The van der Waals surface area contributed by atoms with Crippen molar-refractivity contribution in [2.45, 2.75) is 322 Å². The maximum absolute atomic E-state index is 13.0. The van der Waals surface area contributed by atoms with Crippen LogP contribution < -0.4 is 0 Å². The average Bonchev–Trinajstić information content (AvgIpc) is 3.49. The lowest BCUT2D eigenvalue weighted by atomic mass is 10.0. The van der Waals surface area contributed by atoms with Crippen molar-refractivity contribution in [2.24, 2.45) is 0 Å². The normalized spacial score (nSPS) is 13.0. The highest BCUT2D eigenvalue weighted by atomic mass is 16.6. The lowest BCUT2D eigenvalue weighted by Gasteiger charge is -2.18. The Bertz CT molecular complexity index is 1750. The fourth-order valence-electron chi connectivity index (χ4n) is 9.50. The van der Waals surface area contributed by atoms with Gasteiger partial charge in [-0.2, -0.15) is 0 Å². The molecule has 0 rings (SSSR count). The summed E-state index contributed by atoms with van der Waals surface area (Å²) < 4.78 is 16.9. The quantitative estimate of drug-likeness (QED) is 0.0261. The van der Waals surface area contributed by atoms with Crippen LogP contribution in [0.25, 0.3) is 0 Å². The van der Waals surface area contributed by atoms with Crippen LogP contribution in [0.15, 0.2) is 134 Å². The van der Waals surface area contributed by atoms with Crippen molar-refractivity contribution in [3.05, 3.63) is 134 Å². The van der Waals surface area contributed by atoms with Crippen LogP contribution in [0.4, 0.5) is 0 Å². The van der Waals surface area contributed by atoms with E-state index >= 15 is 0 Å². The van der Waals surface area contributed by atoms with E-state index < -0.39 is 6.10 Å². The number of carbonyl (C=O) groups is 3. The Labute approximate surface area is 513 Å². The van der Waals surface area contributed by atoms with Gasteiger partial charge in [-0.05, 0) is 128 Å². The van der Waals surface area contributed by atoms with Crippen molar-refractivity contribution in [3.8, 4) is 0 Å². The Morgan fingerprint density at radius 3 is 0.795 bits per heavy atom. The van der Waals surface area contributed by atoms with Crippen LogP contribution in [-0.4, -0.2) is 37.2 Å². The van der Waals surface area contributed by atoms with Gasteiger partial charge in [0.1, 0.15) is 13.2 Å². The third-order valence-corrected chi connectivity index (χ3v) is 14.6. The molecule has 0 bridgehead atoms. The van der Waals surface area contributed by atoms with E-state index in [0.717, 1.165) is 122 Å². The third kappa shape index (κ3) is 68.2. The Morgan fingerprint density at radius 1 is 0.253 bits per heavy atom. The average molecular weight is 1150 g/mol. The van der Waals surface area contributed by atoms with Crippen LogP contribution in [0.2, 0.25) is 0 Å². The molecular formula is C77H128O6. The van der Waals surface area contributed by atoms with Crippen molar-refractivity contribution >= 4 is 17.9 Å². The van der Waals surface area contributed by atoms with Crippen LogP contribution >= 0.6 is 0 Å². The zero-order valence-electron chi connectivity index (χ0n) is 54.2. The van der Waals surface area contributed by atoms with E-state index in [2.05, 4.69) is 154 Å². The predicted octanol–water partition coefficient (Wildman–Crippen LogP) is 24.1. The number of allylic oxidation sites excluding steroid dienone is 22. The van der Waals surface area contributed by atoms with Gasteiger partial charge >= 0.3 is 17.9 Å². The van der Waals surface area contributed by atoms with E-state index in [4.69, 9.17) is 14.2 Å². The highest BCUT2D eigenvalue weighted by Crippen LogP contribution is 2.16. The SMILES string of the molecule is CC/C=C\C/C=C\C/C=C\C/C=C\C/C=C\CCCCCCCCCC(=O)OC(COC(=O)CCC/C=C\C/C=C\C/C=C\C/C=C\C/C=C\CC)COC(=O)CCCCCCCCCCCCCCC/C=C\CCCCCCCCCC. The zero-order valence-corrected chi connectivity index (χ0v) is 54.2. The summed E-state index contributed by atoms with van der Waals surface area (Å²) in [6, 6.07) is 0. The number of hydrogen-bond donors (Lipinski definition) is 0. The molecule has 1 unspecified atom stereocenters. The van der Waals surface area contributed by atoms with Crippen molar-refractivity contribution < 1.29 is 28.6 Å². The second-order valence-corrected chi connectivity index (χ2v) is 22.7. The molecule has 0 aromatic carbocycles. The molecule has 0 N–H and O–H groups in total. The maximum Gasteiger partial charge on any atom is 0.306 e. The first-order valence-corrected chi connectivity index (χ1v) is 34.7. The zero-order chi connectivity index (χ0) is 59.9. The van der Waals surface area contributed by atoms with Crippen LogP contribution in [0.3, 0.4) is 0 Å². The molecule has 0 radical (unpaired) electrons. The summed E-state index contributed by atoms with van der Waals surface area (Å²) in [5.41, 5.74) is 0. The van der Waals surface area contributed by atoms with Crippen LogP contribution in [0.5, 0.6) is 0 Å². The molecule has 0 heterocycles. The van der Waals surface area contributed by atoms with Gasteiger partial charge in [0.2, 0.25) is 0 Å². The highest BCUT2D eigenvalue weighted by molar-refractivity contribution is 5.71. The van der Waals surface area contributed by atoms with Crippen molar-refractivity contribution in [2.75, 3.05) is 13.2 Å². The molecule has 0 aliphatic carbocycles. The first-order chi connectivity index (χ1) is 41.0. The topological polar surface area (TPSA) is 78.9 Å². The molecule has 0 aliphatic heterocycles. The predicted molar refractivity (Wildman–Crippen MR) is 362 cm³/mol. The first kappa shape index (κ1) is 78.5. The minimum absolute atomic E-state index is 0.103. The van der Waals surface area contributed by atoms with E-state index in [1.165, 1.54) is 148 Å². The molecule has 83 heavy (non-hydrogen) atoms. The van der Waals surface area contributed by atoms with Crippen LogP contribution in [-0.2, 0) is 28.6 Å². The number of esters is 3. The highest BCUT2D eigenvalue weighted by Gasteiger charge is 2.19. The molecule has 0 fully saturated rings. The lowest BCUT2D eigenvalue weighted by molar-refractivity contribution is -0.167. The molecule has 0 amide bonds. The summed E-state index contributed by atoms with van der Waals surface area (Å²) in [4.78, 5) is 38.4. The van der Waals surface area contributed by atoms with Gasteiger partial charge in [-0.25, -0.2) is 0 Å². The second kappa shape index (κ2) is 70.0. The second-order valence-electron chi connectivity index (χ2n) is 22.7. The van der Waals surface area contributed by atoms with Gasteiger partial charge in [-0.3, -0.25) is 14.4 Å². The molecule has 0 aliphatic rings.